The highest BCUT2D eigenvalue weighted by molar-refractivity contribution is 14.1. The molecule has 4 heteroatoms. The molecule has 1 aromatic rings. The number of amides is 1. The van der Waals surface area contributed by atoms with Crippen LogP contribution in [0.2, 0.25) is 0 Å². The third-order valence-electron chi connectivity index (χ3n) is 3.12. The smallest absolute Gasteiger partial charge is 0.252 e. The minimum Gasteiger partial charge on any atom is -0.348 e. The van der Waals surface area contributed by atoms with Gasteiger partial charge in [0, 0.05) is 16.2 Å². The molecule has 1 atom stereocenters. The Labute approximate surface area is 109 Å². The Balaban J connectivity index is 2.46. The lowest BCUT2D eigenvalue weighted by atomic mass is 10.0. The Morgan fingerprint density at radius 2 is 2.12 bits per heavy atom. The molecule has 16 heavy (non-hydrogen) atoms. The van der Waals surface area contributed by atoms with E-state index in [2.05, 4.69) is 66.0 Å². The van der Waals surface area contributed by atoms with Crippen LogP contribution in [0.4, 0.5) is 0 Å². The summed E-state index contributed by atoms with van der Waals surface area (Å²) in [5.41, 5.74) is 3.25. The molecule has 0 saturated heterocycles. The van der Waals surface area contributed by atoms with Crippen molar-refractivity contribution in [2.24, 2.45) is 0 Å². The number of hydrogen-bond donors (Lipinski definition) is 1. The van der Waals surface area contributed by atoms with Gasteiger partial charge in [-0.1, -0.05) is 6.07 Å². The number of benzene rings is 1. The molecule has 1 amide bonds. The highest BCUT2D eigenvalue weighted by atomic mass is 127. The fourth-order valence-corrected chi connectivity index (χ4v) is 2.83. The quantitative estimate of drug-likeness (QED) is 0.843. The third kappa shape index (κ3) is 1.96. The molecule has 0 saturated carbocycles. The van der Waals surface area contributed by atoms with Crippen molar-refractivity contribution in [3.05, 3.63) is 32.4 Å². The molecule has 1 heterocycles. The molecule has 86 valence electrons. The van der Waals surface area contributed by atoms with Gasteiger partial charge in [0.15, 0.2) is 0 Å². The van der Waals surface area contributed by atoms with Gasteiger partial charge in [0.1, 0.15) is 0 Å². The van der Waals surface area contributed by atoms with Crippen LogP contribution in [0.25, 0.3) is 0 Å². The zero-order valence-corrected chi connectivity index (χ0v) is 11.8. The van der Waals surface area contributed by atoms with Crippen molar-refractivity contribution in [1.29, 1.82) is 0 Å². The standard InChI is InChI=1S/C12H15IN2O/c1-7(15(2)3)8-4-9-6-14-12(16)11(9)10(13)5-8/h4-5,7H,6H2,1-3H3,(H,14,16)/t7-/m0/s1. The minimum atomic E-state index is 0.0588. The van der Waals surface area contributed by atoms with Crippen molar-refractivity contribution in [2.75, 3.05) is 14.1 Å². The predicted molar refractivity (Wildman–Crippen MR) is 72.4 cm³/mol. The first-order valence-electron chi connectivity index (χ1n) is 5.27. The van der Waals surface area contributed by atoms with Gasteiger partial charge in [0.05, 0.1) is 5.56 Å². The molecule has 1 aliphatic rings. The zero-order valence-electron chi connectivity index (χ0n) is 9.67. The number of carbonyl (C=O) groups is 1. The summed E-state index contributed by atoms with van der Waals surface area (Å²) in [4.78, 5) is 13.7. The summed E-state index contributed by atoms with van der Waals surface area (Å²) >= 11 is 2.24. The normalized spacial score (nSPS) is 16.2. The van der Waals surface area contributed by atoms with Crippen molar-refractivity contribution in [2.45, 2.75) is 19.5 Å². The van der Waals surface area contributed by atoms with E-state index in [0.717, 1.165) is 14.7 Å². The van der Waals surface area contributed by atoms with Crippen LogP contribution in [0.3, 0.4) is 0 Å². The van der Waals surface area contributed by atoms with Gasteiger partial charge in [0.2, 0.25) is 0 Å². The van der Waals surface area contributed by atoms with Crippen LogP contribution in [0.5, 0.6) is 0 Å². The van der Waals surface area contributed by atoms with Crippen molar-refractivity contribution in [1.82, 2.24) is 10.2 Å². The third-order valence-corrected chi connectivity index (χ3v) is 3.97. The Kier molecular flexibility index (Phi) is 3.21. The lowest BCUT2D eigenvalue weighted by Gasteiger charge is -2.21. The number of carbonyl (C=O) groups excluding carboxylic acids is 1. The molecule has 1 aromatic carbocycles. The van der Waals surface area contributed by atoms with Crippen molar-refractivity contribution < 1.29 is 4.79 Å². The van der Waals surface area contributed by atoms with Crippen molar-refractivity contribution in [3.63, 3.8) is 0 Å². The molecule has 0 bridgehead atoms. The Morgan fingerprint density at radius 1 is 1.44 bits per heavy atom. The summed E-state index contributed by atoms with van der Waals surface area (Å²) in [5.74, 6) is 0.0588. The molecule has 0 spiro atoms. The maximum atomic E-state index is 11.6. The Bertz CT molecular complexity index is 443. The number of hydrogen-bond acceptors (Lipinski definition) is 2. The molecular formula is C12H15IN2O. The summed E-state index contributed by atoms with van der Waals surface area (Å²) in [7, 11) is 4.13. The van der Waals surface area contributed by atoms with Gasteiger partial charge in [0.25, 0.3) is 5.91 Å². The summed E-state index contributed by atoms with van der Waals surface area (Å²) in [5, 5.41) is 2.86. The SMILES string of the molecule is C[C@@H](c1cc(I)c2c(c1)CNC2=O)N(C)C. The van der Waals surface area contributed by atoms with Crippen LogP contribution in [-0.4, -0.2) is 24.9 Å². The summed E-state index contributed by atoms with van der Waals surface area (Å²) < 4.78 is 1.05. The van der Waals surface area contributed by atoms with Gasteiger partial charge in [-0.05, 0) is 60.8 Å². The summed E-state index contributed by atoms with van der Waals surface area (Å²) in [6.07, 6.45) is 0. The summed E-state index contributed by atoms with van der Waals surface area (Å²) in [6, 6.07) is 4.61. The van der Waals surface area contributed by atoms with E-state index in [1.807, 2.05) is 0 Å². The topological polar surface area (TPSA) is 32.3 Å². The second-order valence-corrected chi connectivity index (χ2v) is 5.52. The van der Waals surface area contributed by atoms with Crippen molar-refractivity contribution in [3.8, 4) is 0 Å². The fraction of sp³-hybridized carbons (Fsp3) is 0.417. The monoisotopic (exact) mass is 330 g/mol. The van der Waals surface area contributed by atoms with Gasteiger partial charge in [-0.3, -0.25) is 4.79 Å². The number of rotatable bonds is 2. The number of halogens is 1. The number of nitrogens with one attached hydrogen (secondary N) is 1. The van der Waals surface area contributed by atoms with Crippen LogP contribution < -0.4 is 5.32 Å². The molecule has 1 N–H and O–H groups in total. The molecule has 0 aliphatic carbocycles. The van der Waals surface area contributed by atoms with Crippen LogP contribution in [0, 0.1) is 3.57 Å². The van der Waals surface area contributed by atoms with Gasteiger partial charge in [-0.15, -0.1) is 0 Å². The summed E-state index contributed by atoms with van der Waals surface area (Å²) in [6.45, 7) is 2.83. The van der Waals surface area contributed by atoms with E-state index in [-0.39, 0.29) is 5.91 Å². The van der Waals surface area contributed by atoms with E-state index >= 15 is 0 Å². The Hall–Kier alpha value is -0.620. The zero-order chi connectivity index (χ0) is 11.9. The largest absolute Gasteiger partial charge is 0.348 e. The highest BCUT2D eigenvalue weighted by Gasteiger charge is 2.23. The first-order chi connectivity index (χ1) is 7.50. The number of fused-ring (bicyclic) bond motifs is 1. The van der Waals surface area contributed by atoms with Crippen LogP contribution in [0.15, 0.2) is 12.1 Å². The van der Waals surface area contributed by atoms with E-state index in [1.165, 1.54) is 5.56 Å². The molecule has 0 radical (unpaired) electrons. The second kappa shape index (κ2) is 4.33. The molecular weight excluding hydrogens is 315 g/mol. The first kappa shape index (κ1) is 11.9. The second-order valence-electron chi connectivity index (χ2n) is 4.36. The van der Waals surface area contributed by atoms with E-state index in [4.69, 9.17) is 0 Å². The lowest BCUT2D eigenvalue weighted by molar-refractivity contribution is 0.0965. The number of nitrogens with zero attached hydrogens (tertiary/aromatic N) is 1. The van der Waals surface area contributed by atoms with Gasteiger partial charge in [-0.25, -0.2) is 0 Å². The first-order valence-corrected chi connectivity index (χ1v) is 6.35. The molecule has 3 nitrogen and oxygen atoms in total. The average molecular weight is 330 g/mol. The fourth-order valence-electron chi connectivity index (χ4n) is 1.88. The molecule has 2 rings (SSSR count). The van der Waals surface area contributed by atoms with E-state index in [9.17, 15) is 4.79 Å². The maximum absolute atomic E-state index is 11.6. The van der Waals surface area contributed by atoms with Crippen LogP contribution >= 0.6 is 22.6 Å². The minimum absolute atomic E-state index is 0.0588. The van der Waals surface area contributed by atoms with Gasteiger partial charge in [-0.2, -0.15) is 0 Å². The van der Waals surface area contributed by atoms with E-state index in [0.29, 0.717) is 12.6 Å². The van der Waals surface area contributed by atoms with E-state index < -0.39 is 0 Å². The highest BCUT2D eigenvalue weighted by Crippen LogP contribution is 2.28. The predicted octanol–water partition coefficient (Wildman–Crippen LogP) is 2.16. The van der Waals surface area contributed by atoms with Gasteiger partial charge < -0.3 is 10.2 Å². The molecule has 0 fully saturated rings. The average Bonchev–Trinajstić information content (AvgIpc) is 2.59. The van der Waals surface area contributed by atoms with Crippen LogP contribution in [0.1, 0.15) is 34.5 Å². The van der Waals surface area contributed by atoms with Gasteiger partial charge >= 0.3 is 0 Å². The van der Waals surface area contributed by atoms with Crippen molar-refractivity contribution >= 4 is 28.5 Å². The lowest BCUT2D eigenvalue weighted by Crippen LogP contribution is -2.17. The molecule has 1 aliphatic heterocycles. The van der Waals surface area contributed by atoms with Crippen LogP contribution in [-0.2, 0) is 6.54 Å². The molecule has 0 aromatic heterocycles. The molecule has 0 unspecified atom stereocenters. The Morgan fingerprint density at radius 3 is 2.75 bits per heavy atom. The maximum Gasteiger partial charge on any atom is 0.252 e. The van der Waals surface area contributed by atoms with E-state index in [1.54, 1.807) is 0 Å².